The topological polar surface area (TPSA) is 118 Å². The summed E-state index contributed by atoms with van der Waals surface area (Å²) in [7, 11) is 0. The summed E-state index contributed by atoms with van der Waals surface area (Å²) in [5.41, 5.74) is 0.342. The summed E-state index contributed by atoms with van der Waals surface area (Å²) < 4.78 is 0. The third-order valence-corrected chi connectivity index (χ3v) is 6.67. The first-order chi connectivity index (χ1) is 15.3. The highest BCUT2D eigenvalue weighted by Gasteiger charge is 2.31. The van der Waals surface area contributed by atoms with E-state index < -0.39 is 24.2 Å². The van der Waals surface area contributed by atoms with Crippen LogP contribution in [-0.4, -0.2) is 43.5 Å². The van der Waals surface area contributed by atoms with E-state index in [1.54, 1.807) is 6.92 Å². The van der Waals surface area contributed by atoms with E-state index in [1.165, 1.54) is 18.2 Å². The van der Waals surface area contributed by atoms with Crippen LogP contribution in [0.5, 0.6) is 11.5 Å². The number of aliphatic hydroxyl groups is 3. The van der Waals surface area contributed by atoms with Crippen molar-refractivity contribution in [1.29, 1.82) is 0 Å². The van der Waals surface area contributed by atoms with E-state index >= 15 is 0 Å². The fourth-order valence-corrected chi connectivity index (χ4v) is 4.80. The molecule has 0 saturated heterocycles. The van der Waals surface area contributed by atoms with Crippen molar-refractivity contribution in [2.24, 2.45) is 29.6 Å². The Bertz CT molecular complexity index is 698. The number of phenols is 2. The van der Waals surface area contributed by atoms with E-state index in [2.05, 4.69) is 13.8 Å². The van der Waals surface area contributed by atoms with Crippen LogP contribution >= 0.6 is 0 Å². The first-order valence-corrected chi connectivity index (χ1v) is 12.4. The minimum atomic E-state index is -1.07. The second-order valence-corrected chi connectivity index (χ2v) is 10.7. The molecule has 190 valence electrons. The second-order valence-electron chi connectivity index (χ2n) is 10.7. The molecule has 1 aromatic carbocycles. The van der Waals surface area contributed by atoms with Crippen LogP contribution in [0.4, 0.5) is 0 Å². The molecule has 1 aromatic rings. The molecular weight excluding hydrogens is 420 g/mol. The molecule has 0 bridgehead atoms. The second kappa shape index (κ2) is 13.9. The Morgan fingerprint density at radius 2 is 1.36 bits per heavy atom. The molecule has 6 nitrogen and oxygen atoms in total. The monoisotopic (exact) mass is 466 g/mol. The number of aliphatic hydroxyl groups excluding tert-OH is 3. The average Bonchev–Trinajstić information content (AvgIpc) is 2.68. The molecule has 1 unspecified atom stereocenters. The molecular formula is C27H46O6. The molecule has 5 N–H and O–H groups in total. The Kier molecular flexibility index (Phi) is 12.4. The van der Waals surface area contributed by atoms with Gasteiger partial charge in [0, 0.05) is 17.9 Å². The van der Waals surface area contributed by atoms with Gasteiger partial charge in [-0.1, -0.05) is 34.6 Å². The molecule has 0 heterocycles. The number of carbonyl (C=O) groups excluding carboxylic acids is 1. The fourth-order valence-electron chi connectivity index (χ4n) is 4.80. The van der Waals surface area contributed by atoms with Gasteiger partial charge in [-0.05, 0) is 80.9 Å². The first kappa shape index (κ1) is 29.4. The number of Topliss-reactive ketones (excluding diaryl/α,β-unsaturated/α-hetero) is 1. The van der Waals surface area contributed by atoms with Gasteiger partial charge in [-0.15, -0.1) is 0 Å². The van der Waals surface area contributed by atoms with Gasteiger partial charge in [0.15, 0.2) is 0 Å². The molecule has 0 aliphatic heterocycles. The largest absolute Gasteiger partial charge is 0.508 e. The van der Waals surface area contributed by atoms with Crippen LogP contribution in [-0.2, 0) is 4.79 Å². The maximum atomic E-state index is 11.5. The van der Waals surface area contributed by atoms with Crippen molar-refractivity contribution in [3.63, 3.8) is 0 Å². The average molecular weight is 467 g/mol. The predicted octanol–water partition coefficient (Wildman–Crippen LogP) is 4.96. The Balaban J connectivity index is 2.66. The molecule has 0 aliphatic rings. The van der Waals surface area contributed by atoms with Gasteiger partial charge < -0.3 is 25.5 Å². The standard InChI is InChI=1S/C27H46O6/c1-16(2)9-25(27(33)21-12-23(30)14-24(31)13-21)26(32)15-22(29)8-7-17(3)10-18(4)11-19(5)20(6)28/h12-14,16-19,22,25-27,29-33H,7-11,15H2,1-6H3/t17-,18+,19-,22-,25?,26-,27+/m1/s1. The summed E-state index contributed by atoms with van der Waals surface area (Å²) in [6, 6.07) is 3.96. The van der Waals surface area contributed by atoms with E-state index in [1.807, 2.05) is 20.8 Å². The molecule has 0 radical (unpaired) electrons. The van der Waals surface area contributed by atoms with Crippen molar-refractivity contribution >= 4 is 5.78 Å². The minimum Gasteiger partial charge on any atom is -0.508 e. The van der Waals surface area contributed by atoms with Gasteiger partial charge in [0.25, 0.3) is 0 Å². The number of rotatable bonds is 15. The molecule has 0 aromatic heterocycles. The highest BCUT2D eigenvalue weighted by molar-refractivity contribution is 5.77. The summed E-state index contributed by atoms with van der Waals surface area (Å²) in [5.74, 6) is 0.506. The molecule has 0 spiro atoms. The number of aromatic hydroxyl groups is 2. The van der Waals surface area contributed by atoms with Crippen LogP contribution in [0.2, 0.25) is 0 Å². The molecule has 0 saturated carbocycles. The highest BCUT2D eigenvalue weighted by Crippen LogP contribution is 2.35. The first-order valence-electron chi connectivity index (χ1n) is 12.4. The van der Waals surface area contributed by atoms with Crippen LogP contribution < -0.4 is 0 Å². The zero-order valence-corrected chi connectivity index (χ0v) is 21.2. The lowest BCUT2D eigenvalue weighted by Gasteiger charge is -2.31. The Morgan fingerprint density at radius 3 is 1.88 bits per heavy atom. The molecule has 7 atom stereocenters. The van der Waals surface area contributed by atoms with Crippen molar-refractivity contribution in [1.82, 2.24) is 0 Å². The van der Waals surface area contributed by atoms with E-state index in [9.17, 15) is 30.3 Å². The maximum absolute atomic E-state index is 11.5. The Morgan fingerprint density at radius 1 is 0.788 bits per heavy atom. The molecule has 6 heteroatoms. The highest BCUT2D eigenvalue weighted by atomic mass is 16.3. The van der Waals surface area contributed by atoms with Gasteiger partial charge in [0.05, 0.1) is 18.3 Å². The normalized spacial score (nSPS) is 18.4. The predicted molar refractivity (Wildman–Crippen MR) is 131 cm³/mol. The van der Waals surface area contributed by atoms with Gasteiger partial charge in [0.2, 0.25) is 0 Å². The molecule has 0 fully saturated rings. The summed E-state index contributed by atoms with van der Waals surface area (Å²) in [6.45, 7) is 11.9. The number of ketones is 1. The summed E-state index contributed by atoms with van der Waals surface area (Å²) >= 11 is 0. The third-order valence-electron chi connectivity index (χ3n) is 6.67. The van der Waals surface area contributed by atoms with Crippen LogP contribution in [0.1, 0.15) is 91.7 Å². The maximum Gasteiger partial charge on any atom is 0.132 e. The summed E-state index contributed by atoms with van der Waals surface area (Å²) in [5, 5.41) is 51.9. The smallest absolute Gasteiger partial charge is 0.132 e. The summed E-state index contributed by atoms with van der Waals surface area (Å²) in [4.78, 5) is 11.5. The molecule has 1 rings (SSSR count). The molecule has 0 amide bonds. The zero-order valence-electron chi connectivity index (χ0n) is 21.2. The van der Waals surface area contributed by atoms with Crippen LogP contribution in [0.25, 0.3) is 0 Å². The minimum absolute atomic E-state index is 0.0747. The van der Waals surface area contributed by atoms with E-state index in [4.69, 9.17) is 0 Å². The van der Waals surface area contributed by atoms with Gasteiger partial charge >= 0.3 is 0 Å². The fraction of sp³-hybridized carbons (Fsp3) is 0.741. The van der Waals surface area contributed by atoms with E-state index in [0.717, 1.165) is 19.3 Å². The van der Waals surface area contributed by atoms with Gasteiger partial charge in [-0.3, -0.25) is 4.79 Å². The number of benzene rings is 1. The lowest BCUT2D eigenvalue weighted by atomic mass is 9.81. The Labute approximate surface area is 199 Å². The van der Waals surface area contributed by atoms with Gasteiger partial charge in [0.1, 0.15) is 17.3 Å². The van der Waals surface area contributed by atoms with Crippen LogP contribution in [0.3, 0.4) is 0 Å². The van der Waals surface area contributed by atoms with Crippen molar-refractivity contribution in [2.75, 3.05) is 0 Å². The van der Waals surface area contributed by atoms with Gasteiger partial charge in [-0.2, -0.15) is 0 Å². The van der Waals surface area contributed by atoms with Crippen molar-refractivity contribution in [2.45, 2.75) is 98.4 Å². The third kappa shape index (κ3) is 10.9. The number of hydrogen-bond acceptors (Lipinski definition) is 6. The summed E-state index contributed by atoms with van der Waals surface area (Å²) in [6.07, 6.45) is 1.26. The number of hydrogen-bond donors (Lipinski definition) is 5. The van der Waals surface area contributed by atoms with E-state index in [-0.39, 0.29) is 35.5 Å². The molecule has 33 heavy (non-hydrogen) atoms. The lowest BCUT2D eigenvalue weighted by molar-refractivity contribution is -0.120. The zero-order chi connectivity index (χ0) is 25.3. The molecule has 0 aliphatic carbocycles. The van der Waals surface area contributed by atoms with Crippen molar-refractivity contribution in [3.8, 4) is 11.5 Å². The van der Waals surface area contributed by atoms with Crippen LogP contribution in [0, 0.1) is 29.6 Å². The quantitative estimate of drug-likeness (QED) is 0.249. The van der Waals surface area contributed by atoms with Crippen LogP contribution in [0.15, 0.2) is 18.2 Å². The van der Waals surface area contributed by atoms with Crippen molar-refractivity contribution in [3.05, 3.63) is 23.8 Å². The SMILES string of the molecule is CC(=O)[C@H](C)C[C@@H](C)C[C@H](C)CC[C@@H](O)C[C@@H](O)C(CC(C)C)[C@@H](O)c1cc(O)cc(O)c1. The van der Waals surface area contributed by atoms with E-state index in [0.29, 0.717) is 30.2 Å². The number of phenolic OH excluding ortho intramolecular Hbond substituents is 2. The van der Waals surface area contributed by atoms with Gasteiger partial charge in [-0.25, -0.2) is 0 Å². The lowest BCUT2D eigenvalue weighted by Crippen LogP contribution is -2.31. The Hall–Kier alpha value is -1.63. The number of carbonyl (C=O) groups is 1. The van der Waals surface area contributed by atoms with Crippen molar-refractivity contribution < 1.29 is 30.3 Å².